The van der Waals surface area contributed by atoms with E-state index in [0.29, 0.717) is 13.0 Å². The monoisotopic (exact) mass is 316 g/mol. The van der Waals surface area contributed by atoms with E-state index in [2.05, 4.69) is 11.9 Å². The number of hydrogen-bond acceptors (Lipinski definition) is 6. The fourth-order valence-corrected chi connectivity index (χ4v) is 3.82. The van der Waals surface area contributed by atoms with Gasteiger partial charge in [0.15, 0.2) is 0 Å². The van der Waals surface area contributed by atoms with Crippen LogP contribution in [-0.4, -0.2) is 56.6 Å². The van der Waals surface area contributed by atoms with Crippen LogP contribution in [0.3, 0.4) is 0 Å². The molecule has 0 bridgehead atoms. The second-order valence-electron chi connectivity index (χ2n) is 5.18. The number of likely N-dealkylation sites (tertiary alicyclic amines) is 1. The van der Waals surface area contributed by atoms with E-state index >= 15 is 0 Å². The average Bonchev–Trinajstić information content (AvgIpc) is 2.80. The number of rotatable bonds is 4. The molecule has 112 valence electrons. The van der Waals surface area contributed by atoms with Crippen molar-refractivity contribution >= 4 is 29.0 Å². The molecule has 2 heterocycles. The second-order valence-corrected chi connectivity index (χ2v) is 7.55. The van der Waals surface area contributed by atoms with E-state index < -0.39 is 11.7 Å². The molecule has 5 nitrogen and oxygen atoms in total. The number of aliphatic hydroxyl groups excluding tert-OH is 1. The summed E-state index contributed by atoms with van der Waals surface area (Å²) >= 11 is 3.22. The number of thiazole rings is 1. The summed E-state index contributed by atoms with van der Waals surface area (Å²) < 4.78 is 0.983. The summed E-state index contributed by atoms with van der Waals surface area (Å²) in [7, 11) is 0. The Hall–Kier alpha value is -0.630. The maximum Gasteiger partial charge on any atom is 0.228 e. The van der Waals surface area contributed by atoms with E-state index in [4.69, 9.17) is 0 Å². The smallest absolute Gasteiger partial charge is 0.228 e. The molecule has 1 amide bonds. The van der Waals surface area contributed by atoms with Gasteiger partial charge >= 0.3 is 0 Å². The summed E-state index contributed by atoms with van der Waals surface area (Å²) in [5.74, 6) is 0.923. The largest absolute Gasteiger partial charge is 0.388 e. The zero-order valence-corrected chi connectivity index (χ0v) is 13.3. The molecule has 1 aromatic heterocycles. The van der Waals surface area contributed by atoms with Crippen LogP contribution in [-0.2, 0) is 11.2 Å². The van der Waals surface area contributed by atoms with Gasteiger partial charge in [-0.15, -0.1) is 11.3 Å². The van der Waals surface area contributed by atoms with Crippen molar-refractivity contribution in [2.24, 2.45) is 0 Å². The van der Waals surface area contributed by atoms with Crippen molar-refractivity contribution in [2.45, 2.75) is 42.7 Å². The van der Waals surface area contributed by atoms with Crippen LogP contribution in [0.25, 0.3) is 0 Å². The molecular formula is C13H20N2O3S2. The molecule has 0 aliphatic carbocycles. The number of thioether (sulfide) groups is 1. The number of aliphatic hydroxyl groups is 2. The third kappa shape index (κ3) is 3.72. The minimum Gasteiger partial charge on any atom is -0.388 e. The van der Waals surface area contributed by atoms with Gasteiger partial charge in [0.2, 0.25) is 5.91 Å². The predicted octanol–water partition coefficient (Wildman–Crippen LogP) is 1.14. The highest BCUT2D eigenvalue weighted by atomic mass is 32.2. The maximum atomic E-state index is 12.2. The molecule has 0 unspecified atom stereocenters. The Bertz CT molecular complexity index is 476. The lowest BCUT2D eigenvalue weighted by atomic mass is 9.90. The third-order valence-electron chi connectivity index (χ3n) is 3.48. The van der Waals surface area contributed by atoms with E-state index in [1.54, 1.807) is 34.9 Å². The van der Waals surface area contributed by atoms with Crippen molar-refractivity contribution < 1.29 is 15.0 Å². The first-order valence-electron chi connectivity index (χ1n) is 6.68. The van der Waals surface area contributed by atoms with Crippen molar-refractivity contribution in [3.8, 4) is 0 Å². The number of amides is 1. The summed E-state index contributed by atoms with van der Waals surface area (Å²) in [5, 5.41) is 21.6. The molecule has 7 heteroatoms. The number of β-amino-alcohol motifs (C(OH)–C–C–N with tert-alkyl or cyclic N) is 1. The standard InChI is InChI=1S/C13H20N2O3S2/c1-3-19-12-14-9(8-20-12)6-11(17)15-5-4-13(2,18)10(16)7-15/h8,10,16,18H,3-7H2,1-2H3/t10-,13-/m1/s1. The first kappa shape index (κ1) is 15.8. The Morgan fingerprint density at radius 3 is 3.10 bits per heavy atom. The Morgan fingerprint density at radius 1 is 1.70 bits per heavy atom. The molecule has 1 aliphatic rings. The van der Waals surface area contributed by atoms with Gasteiger partial charge in [0.1, 0.15) is 4.34 Å². The summed E-state index contributed by atoms with van der Waals surface area (Å²) in [4.78, 5) is 18.2. The van der Waals surface area contributed by atoms with Crippen LogP contribution < -0.4 is 0 Å². The Labute approximate surface area is 127 Å². The van der Waals surface area contributed by atoms with Crippen LogP contribution in [0.5, 0.6) is 0 Å². The van der Waals surface area contributed by atoms with Crippen molar-refractivity contribution in [1.82, 2.24) is 9.88 Å². The van der Waals surface area contributed by atoms with Crippen LogP contribution in [0.4, 0.5) is 0 Å². The van der Waals surface area contributed by atoms with Crippen molar-refractivity contribution in [3.05, 3.63) is 11.1 Å². The number of carbonyl (C=O) groups is 1. The number of hydrogen-bond donors (Lipinski definition) is 2. The van der Waals surface area contributed by atoms with E-state index in [-0.39, 0.29) is 18.9 Å². The minimum atomic E-state index is -1.09. The van der Waals surface area contributed by atoms with E-state index in [9.17, 15) is 15.0 Å². The van der Waals surface area contributed by atoms with Gasteiger partial charge in [-0.3, -0.25) is 4.79 Å². The first-order valence-corrected chi connectivity index (χ1v) is 8.54. The molecule has 0 spiro atoms. The van der Waals surface area contributed by atoms with Gasteiger partial charge in [0.25, 0.3) is 0 Å². The molecular weight excluding hydrogens is 296 g/mol. The number of nitrogens with zero attached hydrogens (tertiary/aromatic N) is 2. The molecule has 1 saturated heterocycles. The average molecular weight is 316 g/mol. The fourth-order valence-electron chi connectivity index (χ4n) is 2.08. The lowest BCUT2D eigenvalue weighted by Crippen LogP contribution is -2.55. The molecule has 2 atom stereocenters. The molecule has 1 aliphatic heterocycles. The lowest BCUT2D eigenvalue weighted by molar-refractivity contribution is -0.145. The van der Waals surface area contributed by atoms with Gasteiger partial charge in [-0.05, 0) is 19.1 Å². The molecule has 1 aromatic rings. The Balaban J connectivity index is 1.91. The quantitative estimate of drug-likeness (QED) is 0.815. The number of aromatic nitrogens is 1. The maximum absolute atomic E-state index is 12.2. The van der Waals surface area contributed by atoms with E-state index in [1.807, 2.05) is 5.38 Å². The van der Waals surface area contributed by atoms with Crippen LogP contribution in [0.2, 0.25) is 0 Å². The molecule has 1 fully saturated rings. The molecule has 0 saturated carbocycles. The van der Waals surface area contributed by atoms with Crippen molar-refractivity contribution in [2.75, 3.05) is 18.8 Å². The summed E-state index contributed by atoms with van der Waals surface area (Å²) in [6.07, 6.45) is -0.231. The second kappa shape index (κ2) is 6.43. The fraction of sp³-hybridized carbons (Fsp3) is 0.692. The van der Waals surface area contributed by atoms with Crippen LogP contribution >= 0.6 is 23.1 Å². The first-order chi connectivity index (χ1) is 9.42. The highest BCUT2D eigenvalue weighted by molar-refractivity contribution is 8.00. The topological polar surface area (TPSA) is 73.7 Å². The Kier molecular flexibility index (Phi) is 5.06. The summed E-state index contributed by atoms with van der Waals surface area (Å²) in [5.41, 5.74) is -0.315. The minimum absolute atomic E-state index is 0.0436. The molecule has 20 heavy (non-hydrogen) atoms. The van der Waals surface area contributed by atoms with Gasteiger partial charge in [0.05, 0.1) is 23.8 Å². The SMILES string of the molecule is CCSc1nc(CC(=O)N2CC[C@@](C)(O)[C@H](O)C2)cs1. The predicted molar refractivity (Wildman–Crippen MR) is 80.0 cm³/mol. The number of carbonyl (C=O) groups excluding carboxylic acids is 1. The zero-order chi connectivity index (χ0) is 14.8. The Morgan fingerprint density at radius 2 is 2.45 bits per heavy atom. The number of piperidine rings is 1. The lowest BCUT2D eigenvalue weighted by Gasteiger charge is -2.39. The zero-order valence-electron chi connectivity index (χ0n) is 11.7. The van der Waals surface area contributed by atoms with Crippen molar-refractivity contribution in [3.63, 3.8) is 0 Å². The highest BCUT2D eigenvalue weighted by Crippen LogP contribution is 2.24. The molecule has 0 radical (unpaired) electrons. The normalized spacial score (nSPS) is 26.8. The highest BCUT2D eigenvalue weighted by Gasteiger charge is 2.37. The van der Waals surface area contributed by atoms with Crippen LogP contribution in [0.1, 0.15) is 26.0 Å². The molecule has 0 aromatic carbocycles. The van der Waals surface area contributed by atoms with Crippen LogP contribution in [0, 0.1) is 0 Å². The summed E-state index contributed by atoms with van der Waals surface area (Å²) in [6, 6.07) is 0. The third-order valence-corrected chi connectivity index (χ3v) is 5.43. The van der Waals surface area contributed by atoms with Gasteiger partial charge in [-0.1, -0.05) is 18.7 Å². The van der Waals surface area contributed by atoms with Gasteiger partial charge in [-0.25, -0.2) is 4.98 Å². The van der Waals surface area contributed by atoms with Gasteiger partial charge < -0.3 is 15.1 Å². The molecule has 2 rings (SSSR count). The van der Waals surface area contributed by atoms with Gasteiger partial charge in [-0.2, -0.15) is 0 Å². The molecule has 2 N–H and O–H groups in total. The summed E-state index contributed by atoms with van der Waals surface area (Å²) in [6.45, 7) is 4.34. The van der Waals surface area contributed by atoms with Crippen molar-refractivity contribution in [1.29, 1.82) is 0 Å². The van der Waals surface area contributed by atoms with E-state index in [0.717, 1.165) is 15.8 Å². The van der Waals surface area contributed by atoms with E-state index in [1.165, 1.54) is 0 Å². The van der Waals surface area contributed by atoms with Gasteiger partial charge in [0, 0.05) is 18.5 Å². The van der Waals surface area contributed by atoms with Crippen LogP contribution in [0.15, 0.2) is 9.72 Å².